The van der Waals surface area contributed by atoms with Crippen LogP contribution in [0.4, 0.5) is 0 Å². The first kappa shape index (κ1) is 15.9. The van der Waals surface area contributed by atoms with Gasteiger partial charge >= 0.3 is 0 Å². The third-order valence-electron chi connectivity index (χ3n) is 3.10. The second-order valence-electron chi connectivity index (χ2n) is 4.61. The molecule has 2 N–H and O–H groups in total. The molecule has 2 heterocycles. The largest absolute Gasteiger partial charge is 0.389 e. The van der Waals surface area contributed by atoms with Gasteiger partial charge < -0.3 is 5.73 Å². The average molecular weight is 385 g/mol. The van der Waals surface area contributed by atoms with Crippen LogP contribution in [0.2, 0.25) is 10.0 Å². The molecule has 0 fully saturated rings. The maximum Gasteiger partial charge on any atom is 0.125 e. The number of halogens is 2. The minimum atomic E-state index is 0.414. The lowest BCUT2D eigenvalue weighted by Crippen LogP contribution is -2.06. The molecule has 2 aromatic heterocycles. The van der Waals surface area contributed by atoms with Gasteiger partial charge in [-0.2, -0.15) is 0 Å². The quantitative estimate of drug-likeness (QED) is 0.580. The summed E-state index contributed by atoms with van der Waals surface area (Å²) in [5, 5.41) is 4.12. The van der Waals surface area contributed by atoms with Crippen molar-refractivity contribution in [3.05, 3.63) is 49.4 Å². The maximum atomic E-state index is 6.24. The van der Waals surface area contributed by atoms with Gasteiger partial charge in [-0.05, 0) is 31.2 Å². The molecule has 0 saturated heterocycles. The minimum absolute atomic E-state index is 0.414. The minimum Gasteiger partial charge on any atom is -0.389 e. The first-order valence-corrected chi connectivity index (χ1v) is 9.13. The van der Waals surface area contributed by atoms with Gasteiger partial charge in [0.05, 0.1) is 15.6 Å². The van der Waals surface area contributed by atoms with Crippen molar-refractivity contribution >= 4 is 63.1 Å². The summed E-state index contributed by atoms with van der Waals surface area (Å²) in [5.41, 5.74) is 8.47. The molecule has 3 aromatic rings. The Labute approximate surface area is 151 Å². The first-order chi connectivity index (χ1) is 10.5. The second-order valence-corrected chi connectivity index (χ2v) is 8.00. The van der Waals surface area contributed by atoms with Gasteiger partial charge in [-0.3, -0.25) is 0 Å². The Morgan fingerprint density at radius 3 is 2.64 bits per heavy atom. The van der Waals surface area contributed by atoms with Gasteiger partial charge in [-0.15, -0.1) is 22.7 Å². The molecule has 0 unspecified atom stereocenters. The highest BCUT2D eigenvalue weighted by Crippen LogP contribution is 2.37. The van der Waals surface area contributed by atoms with E-state index in [0.717, 1.165) is 31.6 Å². The molecule has 112 valence electrons. The summed E-state index contributed by atoms with van der Waals surface area (Å²) in [4.78, 5) is 7.15. The van der Waals surface area contributed by atoms with E-state index in [9.17, 15) is 0 Å². The number of thiocarbonyl (C=S) groups is 1. The lowest BCUT2D eigenvalue weighted by atomic mass is 10.2. The zero-order valence-corrected chi connectivity index (χ0v) is 15.4. The van der Waals surface area contributed by atoms with Crippen LogP contribution in [0.25, 0.3) is 21.8 Å². The Bertz CT molecular complexity index is 868. The van der Waals surface area contributed by atoms with Crippen molar-refractivity contribution in [2.24, 2.45) is 5.73 Å². The van der Waals surface area contributed by atoms with Crippen LogP contribution in [-0.4, -0.2) is 9.97 Å². The third kappa shape index (κ3) is 3.05. The lowest BCUT2D eigenvalue weighted by Gasteiger charge is -2.00. The van der Waals surface area contributed by atoms with Crippen molar-refractivity contribution in [3.63, 3.8) is 0 Å². The number of aryl methyl sites for hydroxylation is 1. The summed E-state index contributed by atoms with van der Waals surface area (Å²) in [6.45, 7) is 2.04. The molecule has 0 spiro atoms. The molecule has 22 heavy (non-hydrogen) atoms. The Morgan fingerprint density at radius 1 is 1.23 bits per heavy atom. The van der Waals surface area contributed by atoms with Crippen molar-refractivity contribution in [3.8, 4) is 21.8 Å². The summed E-state index contributed by atoms with van der Waals surface area (Å²) in [6, 6.07) is 7.40. The van der Waals surface area contributed by atoms with E-state index in [0.29, 0.717) is 15.0 Å². The van der Waals surface area contributed by atoms with Crippen molar-refractivity contribution in [1.82, 2.24) is 4.98 Å². The molecule has 7 heteroatoms. The summed E-state index contributed by atoms with van der Waals surface area (Å²) in [7, 11) is 0. The topological polar surface area (TPSA) is 38.9 Å². The van der Waals surface area contributed by atoms with Crippen LogP contribution in [0.1, 0.15) is 9.75 Å². The normalized spacial score (nSPS) is 10.9. The highest BCUT2D eigenvalue weighted by Gasteiger charge is 2.14. The summed E-state index contributed by atoms with van der Waals surface area (Å²) in [5.74, 6) is 0. The molecule has 1 aromatic carbocycles. The van der Waals surface area contributed by atoms with Gasteiger partial charge in [0, 0.05) is 26.4 Å². The Hall–Kier alpha value is -0.980. The molecule has 0 aliphatic carbocycles. The predicted octanol–water partition coefficient (Wildman–Crippen LogP) is 5.79. The van der Waals surface area contributed by atoms with Crippen LogP contribution in [0.3, 0.4) is 0 Å². The Morgan fingerprint density at radius 2 is 2.00 bits per heavy atom. The van der Waals surface area contributed by atoms with Gasteiger partial charge in [-0.1, -0.05) is 35.4 Å². The van der Waals surface area contributed by atoms with Crippen LogP contribution < -0.4 is 5.73 Å². The fourth-order valence-corrected chi connectivity index (χ4v) is 4.55. The van der Waals surface area contributed by atoms with Crippen molar-refractivity contribution in [2.75, 3.05) is 0 Å². The van der Waals surface area contributed by atoms with E-state index in [2.05, 4.69) is 4.98 Å². The number of hydrogen-bond acceptors (Lipinski definition) is 4. The zero-order chi connectivity index (χ0) is 15.9. The number of rotatable bonds is 3. The number of thiazole rings is 1. The number of hydrogen-bond donors (Lipinski definition) is 1. The second kappa shape index (κ2) is 6.26. The van der Waals surface area contributed by atoms with Crippen LogP contribution in [-0.2, 0) is 0 Å². The van der Waals surface area contributed by atoms with Crippen molar-refractivity contribution in [2.45, 2.75) is 6.92 Å². The smallest absolute Gasteiger partial charge is 0.125 e. The van der Waals surface area contributed by atoms with Gasteiger partial charge in [0.2, 0.25) is 0 Å². The summed E-state index contributed by atoms with van der Waals surface area (Å²) in [6.07, 6.45) is 0. The van der Waals surface area contributed by atoms with Gasteiger partial charge in [0.25, 0.3) is 0 Å². The average Bonchev–Trinajstić information content (AvgIpc) is 3.05. The lowest BCUT2D eigenvalue weighted by molar-refractivity contribution is 1.40. The van der Waals surface area contributed by atoms with Crippen molar-refractivity contribution < 1.29 is 0 Å². The summed E-state index contributed by atoms with van der Waals surface area (Å²) >= 11 is 20.4. The molecule has 0 aliphatic rings. The maximum absolute atomic E-state index is 6.24. The highest BCUT2D eigenvalue weighted by molar-refractivity contribution is 7.81. The fraction of sp³-hybridized carbons (Fsp3) is 0.0667. The molecule has 2 nitrogen and oxygen atoms in total. The van der Waals surface area contributed by atoms with Gasteiger partial charge in [0.15, 0.2) is 0 Å². The predicted molar refractivity (Wildman–Crippen MR) is 102 cm³/mol. The van der Waals surface area contributed by atoms with Crippen LogP contribution in [0.15, 0.2) is 29.6 Å². The van der Waals surface area contributed by atoms with Gasteiger partial charge in [0.1, 0.15) is 10.00 Å². The summed E-state index contributed by atoms with van der Waals surface area (Å²) < 4.78 is 0. The highest BCUT2D eigenvalue weighted by atomic mass is 35.5. The first-order valence-electron chi connectivity index (χ1n) is 6.27. The number of benzene rings is 1. The van der Waals surface area contributed by atoms with E-state index >= 15 is 0 Å². The molecule has 0 radical (unpaired) electrons. The molecule has 3 rings (SSSR count). The van der Waals surface area contributed by atoms with E-state index in [-0.39, 0.29) is 0 Å². The van der Waals surface area contributed by atoms with E-state index in [4.69, 9.17) is 41.2 Å². The standard InChI is InChI=1S/C15H10Cl2N2S3/c1-7-10(5-13(22-7)14(18)20)15-19-12(6-21-15)9-3-2-8(16)4-11(9)17/h2-6H,1H3,(H2,18,20). The number of nitrogens with zero attached hydrogens (tertiary/aromatic N) is 1. The molecular formula is C15H10Cl2N2S3. The van der Waals surface area contributed by atoms with Crippen LogP contribution in [0.5, 0.6) is 0 Å². The zero-order valence-electron chi connectivity index (χ0n) is 11.4. The molecule has 0 atom stereocenters. The van der Waals surface area contributed by atoms with Crippen molar-refractivity contribution in [1.29, 1.82) is 0 Å². The van der Waals surface area contributed by atoms with E-state index in [1.807, 2.05) is 30.5 Å². The Kier molecular flexibility index (Phi) is 4.52. The third-order valence-corrected chi connectivity index (χ3v) is 5.96. The molecule has 0 bridgehead atoms. The SMILES string of the molecule is Cc1sc(C(N)=S)cc1-c1nc(-c2ccc(Cl)cc2Cl)cs1. The molecular weight excluding hydrogens is 375 g/mol. The molecule has 0 amide bonds. The number of nitrogens with two attached hydrogens (primary N) is 1. The Balaban J connectivity index is 2.02. The van der Waals surface area contributed by atoms with Gasteiger partial charge in [-0.25, -0.2) is 4.98 Å². The molecule has 0 aliphatic heterocycles. The molecule has 0 saturated carbocycles. The van der Waals surface area contributed by atoms with Crippen LogP contribution >= 0.6 is 58.1 Å². The number of aromatic nitrogens is 1. The van der Waals surface area contributed by atoms with E-state index < -0.39 is 0 Å². The number of thiophene rings is 1. The van der Waals surface area contributed by atoms with E-state index in [1.165, 1.54) is 0 Å². The fourth-order valence-electron chi connectivity index (χ4n) is 2.03. The van der Waals surface area contributed by atoms with Crippen LogP contribution in [0, 0.1) is 6.92 Å². The monoisotopic (exact) mass is 384 g/mol. The van der Waals surface area contributed by atoms with E-state index in [1.54, 1.807) is 28.7 Å².